The second-order valence-corrected chi connectivity index (χ2v) is 12.7. The van der Waals surface area contributed by atoms with Gasteiger partial charge in [0.15, 0.2) is 58.2 Å². The van der Waals surface area contributed by atoms with Gasteiger partial charge in [-0.25, -0.2) is 4.79 Å². The molecule has 0 unspecified atom stereocenters. The Bertz CT molecular complexity index is 2310. The second-order valence-electron chi connectivity index (χ2n) is 12.7. The molecular formula is C37H30O17. The third-order valence-electron chi connectivity index (χ3n) is 9.31. The van der Waals surface area contributed by atoms with Crippen molar-refractivity contribution in [2.75, 3.05) is 0 Å². The number of carbonyl (C=O) groups excluding carboxylic acids is 1. The first-order valence-corrected chi connectivity index (χ1v) is 15.9. The van der Waals surface area contributed by atoms with Crippen molar-refractivity contribution in [3.05, 3.63) is 94.0 Å². The Morgan fingerprint density at radius 2 is 1.17 bits per heavy atom. The number of benzene rings is 5. The summed E-state index contributed by atoms with van der Waals surface area (Å²) in [5, 5.41) is 137. The van der Waals surface area contributed by atoms with Crippen LogP contribution in [0.2, 0.25) is 0 Å². The lowest BCUT2D eigenvalue weighted by Crippen LogP contribution is -2.38. The quantitative estimate of drug-likeness (QED) is 0.0901. The molecule has 0 amide bonds. The van der Waals surface area contributed by atoms with Crippen molar-refractivity contribution < 1.29 is 85.4 Å². The number of carbonyl (C=O) groups is 1. The maximum atomic E-state index is 13.4. The maximum absolute atomic E-state index is 13.4. The highest BCUT2D eigenvalue weighted by Gasteiger charge is 2.47. The van der Waals surface area contributed by atoms with E-state index in [1.807, 2.05) is 0 Å². The second kappa shape index (κ2) is 12.7. The van der Waals surface area contributed by atoms with Gasteiger partial charge in [0.1, 0.15) is 46.7 Å². The molecule has 0 spiro atoms. The molecule has 17 heteroatoms. The van der Waals surface area contributed by atoms with Crippen LogP contribution in [0.5, 0.6) is 80.5 Å². The van der Waals surface area contributed by atoms with E-state index in [1.165, 1.54) is 6.07 Å². The molecule has 0 saturated heterocycles. The number of esters is 1. The molecule has 0 saturated carbocycles. The molecule has 0 radical (unpaired) electrons. The first kappa shape index (κ1) is 35.1. The van der Waals surface area contributed by atoms with Gasteiger partial charge in [0, 0.05) is 52.4 Å². The Morgan fingerprint density at radius 3 is 1.80 bits per heavy atom. The van der Waals surface area contributed by atoms with E-state index in [2.05, 4.69) is 0 Å². The van der Waals surface area contributed by atoms with Crippen LogP contribution < -0.4 is 9.47 Å². The van der Waals surface area contributed by atoms with Crippen LogP contribution >= 0.6 is 0 Å². The van der Waals surface area contributed by atoms with E-state index in [0.717, 1.165) is 54.6 Å². The molecule has 5 aromatic carbocycles. The van der Waals surface area contributed by atoms with E-state index in [4.69, 9.17) is 14.2 Å². The van der Waals surface area contributed by atoms with Crippen LogP contribution in [0, 0.1) is 0 Å². The maximum Gasteiger partial charge on any atom is 0.338 e. The van der Waals surface area contributed by atoms with Gasteiger partial charge in [-0.05, 0) is 36.4 Å². The molecule has 0 bridgehead atoms. The zero-order valence-corrected chi connectivity index (χ0v) is 27.3. The molecule has 5 atom stereocenters. The third-order valence-corrected chi connectivity index (χ3v) is 9.31. The number of hydrogen-bond acceptors (Lipinski definition) is 17. The minimum atomic E-state index is -1.83. The first-order valence-electron chi connectivity index (χ1n) is 15.9. The third kappa shape index (κ3) is 5.77. The summed E-state index contributed by atoms with van der Waals surface area (Å²) in [7, 11) is 0. The molecule has 0 fully saturated rings. The van der Waals surface area contributed by atoms with E-state index in [-0.39, 0.29) is 39.3 Å². The fraction of sp³-hybridized carbons (Fsp3) is 0.162. The van der Waals surface area contributed by atoms with Gasteiger partial charge in [-0.1, -0.05) is 6.07 Å². The lowest BCUT2D eigenvalue weighted by Gasteiger charge is -2.40. The number of rotatable bonds is 5. The van der Waals surface area contributed by atoms with Crippen LogP contribution in [0.3, 0.4) is 0 Å². The fourth-order valence-corrected chi connectivity index (χ4v) is 6.79. The lowest BCUT2D eigenvalue weighted by atomic mass is 9.77. The zero-order valence-electron chi connectivity index (χ0n) is 27.3. The van der Waals surface area contributed by atoms with Gasteiger partial charge in [-0.2, -0.15) is 0 Å². The van der Waals surface area contributed by atoms with Crippen LogP contribution in [-0.2, 0) is 11.2 Å². The smallest absolute Gasteiger partial charge is 0.338 e. The zero-order chi connectivity index (χ0) is 38.9. The van der Waals surface area contributed by atoms with Crippen LogP contribution in [-0.4, -0.2) is 84.6 Å². The summed E-state index contributed by atoms with van der Waals surface area (Å²) in [6, 6.07) is 10.0. The fourth-order valence-electron chi connectivity index (χ4n) is 6.79. The van der Waals surface area contributed by atoms with Gasteiger partial charge in [0.2, 0.25) is 0 Å². The molecular weight excluding hydrogens is 716 g/mol. The van der Waals surface area contributed by atoms with Crippen molar-refractivity contribution in [3.63, 3.8) is 0 Å². The molecule has 13 N–H and O–H groups in total. The monoisotopic (exact) mass is 746 g/mol. The Hall–Kier alpha value is -7.27. The molecule has 17 nitrogen and oxygen atoms in total. The number of phenols is 12. The molecule has 280 valence electrons. The SMILES string of the molecule is O=C(O[C@H]1Cc2c(O)cc(O)c([C@H]3c4c(O)cc(O)cc4O[C@H](c4cc(O)c(O)c(O)c4)[C@@H]3O)c2O[C@@H]1c1ccc(O)c(O)c1)c1cc(O)c(O)c(O)c1. The summed E-state index contributed by atoms with van der Waals surface area (Å²) in [6.45, 7) is 0. The van der Waals surface area contributed by atoms with Crippen LogP contribution in [0.15, 0.2) is 60.7 Å². The van der Waals surface area contributed by atoms with E-state index >= 15 is 0 Å². The summed E-state index contributed by atoms with van der Waals surface area (Å²) in [5.41, 5.74) is -0.995. The number of hydrogen-bond donors (Lipinski definition) is 13. The molecule has 0 aromatic heterocycles. The summed E-state index contributed by atoms with van der Waals surface area (Å²) < 4.78 is 18.0. The highest BCUT2D eigenvalue weighted by atomic mass is 16.6. The molecule has 2 heterocycles. The number of aliphatic hydroxyl groups excluding tert-OH is 1. The number of fused-ring (bicyclic) bond motifs is 2. The number of ether oxygens (including phenoxy) is 3. The molecule has 2 aliphatic heterocycles. The molecule has 2 aliphatic rings. The van der Waals surface area contributed by atoms with Gasteiger partial charge in [0.25, 0.3) is 0 Å². The average Bonchev–Trinajstić information content (AvgIpc) is 3.10. The van der Waals surface area contributed by atoms with Gasteiger partial charge in [0.05, 0.1) is 11.5 Å². The largest absolute Gasteiger partial charge is 0.508 e. The number of aromatic hydroxyl groups is 12. The Balaban J connectivity index is 1.40. The molecule has 5 aromatic rings. The van der Waals surface area contributed by atoms with Crippen LogP contribution in [0.4, 0.5) is 0 Å². The van der Waals surface area contributed by atoms with Crippen molar-refractivity contribution in [3.8, 4) is 80.5 Å². The molecule has 54 heavy (non-hydrogen) atoms. The molecule has 0 aliphatic carbocycles. The standard InChI is InChI=1S/C37H30O17/c38-15-8-20(42)28-26(9-15)52-35(13-4-22(44)31(48)23(45)5-13)33(50)30(28)29-21(43)11-18(40)16-10-27(53-37(51)14-6-24(46)32(49)25(47)7-14)34(54-36(16)29)12-1-2-17(39)19(41)3-12/h1-9,11,27,30,33-35,38-50H,10H2/t27-,30+,33+,34+,35+/m0/s1. The normalized spacial score (nSPS) is 20.2. The minimum Gasteiger partial charge on any atom is -0.508 e. The first-order chi connectivity index (χ1) is 25.5. The average molecular weight is 747 g/mol. The highest BCUT2D eigenvalue weighted by molar-refractivity contribution is 5.91. The summed E-state index contributed by atoms with van der Waals surface area (Å²) in [5.74, 6) is -11.7. The predicted molar refractivity (Wildman–Crippen MR) is 180 cm³/mol. The molecule has 7 rings (SSSR count). The van der Waals surface area contributed by atoms with Crippen molar-refractivity contribution in [1.29, 1.82) is 0 Å². The Kier molecular flexibility index (Phi) is 8.29. The summed E-state index contributed by atoms with van der Waals surface area (Å²) >= 11 is 0. The van der Waals surface area contributed by atoms with Gasteiger partial charge >= 0.3 is 5.97 Å². The topological polar surface area (TPSA) is 308 Å². The van der Waals surface area contributed by atoms with Gasteiger partial charge in [-0.3, -0.25) is 0 Å². The Labute approximate surface area is 302 Å². The van der Waals surface area contributed by atoms with E-state index in [0.29, 0.717) is 0 Å². The predicted octanol–water partition coefficient (Wildman–Crippen LogP) is 3.68. The number of phenolic OH excluding ortho intramolecular Hbond substituents is 12. The lowest BCUT2D eigenvalue weighted by molar-refractivity contribution is -0.0210. The van der Waals surface area contributed by atoms with E-state index < -0.39 is 117 Å². The Morgan fingerprint density at radius 1 is 0.574 bits per heavy atom. The van der Waals surface area contributed by atoms with Crippen molar-refractivity contribution in [2.45, 2.75) is 36.8 Å². The van der Waals surface area contributed by atoms with Crippen LogP contribution in [0.25, 0.3) is 0 Å². The van der Waals surface area contributed by atoms with Crippen molar-refractivity contribution in [2.24, 2.45) is 0 Å². The number of aliphatic hydroxyl groups is 1. The summed E-state index contributed by atoms with van der Waals surface area (Å²) in [6.07, 6.45) is -6.60. The van der Waals surface area contributed by atoms with Crippen LogP contribution in [0.1, 0.15) is 56.3 Å². The van der Waals surface area contributed by atoms with E-state index in [9.17, 15) is 71.2 Å². The van der Waals surface area contributed by atoms with Gasteiger partial charge in [-0.15, -0.1) is 0 Å². The van der Waals surface area contributed by atoms with E-state index in [1.54, 1.807) is 0 Å². The summed E-state index contributed by atoms with van der Waals surface area (Å²) in [4.78, 5) is 13.4. The highest BCUT2D eigenvalue weighted by Crippen LogP contribution is 2.58. The van der Waals surface area contributed by atoms with Gasteiger partial charge < -0.3 is 80.6 Å². The van der Waals surface area contributed by atoms with Crippen molar-refractivity contribution in [1.82, 2.24) is 0 Å². The van der Waals surface area contributed by atoms with Crippen molar-refractivity contribution >= 4 is 5.97 Å². The minimum absolute atomic E-state index is 0.0764.